The van der Waals surface area contributed by atoms with E-state index in [0.29, 0.717) is 6.54 Å². The first-order valence-electron chi connectivity index (χ1n) is 4.79. The second-order valence-corrected chi connectivity index (χ2v) is 3.48. The average Bonchev–Trinajstić information content (AvgIpc) is 2.17. The van der Waals surface area contributed by atoms with Gasteiger partial charge in [0.25, 0.3) is 0 Å². The van der Waals surface area contributed by atoms with E-state index in [2.05, 4.69) is 5.32 Å². The van der Waals surface area contributed by atoms with E-state index in [1.807, 2.05) is 0 Å². The lowest BCUT2D eigenvalue weighted by atomic mass is 9.95. The minimum absolute atomic E-state index is 0.337. The summed E-state index contributed by atoms with van der Waals surface area (Å²) in [5, 5.41) is 2.79. The fourth-order valence-electron chi connectivity index (χ4n) is 1.56. The number of likely N-dealkylation sites (N-methyl/N-ethyl adjacent to an activating group) is 1. The molecule has 0 radical (unpaired) electrons. The van der Waals surface area contributed by atoms with Crippen molar-refractivity contribution in [3.05, 3.63) is 35.9 Å². The number of benzene rings is 1. The highest BCUT2D eigenvalue weighted by Gasteiger charge is 2.32. The van der Waals surface area contributed by atoms with Crippen molar-refractivity contribution < 1.29 is 13.2 Å². The molecule has 1 rings (SSSR count). The molecule has 0 aromatic heterocycles. The van der Waals surface area contributed by atoms with Crippen LogP contribution in [-0.2, 0) is 0 Å². The summed E-state index contributed by atoms with van der Waals surface area (Å²) in [7, 11) is 1.66. The van der Waals surface area contributed by atoms with E-state index >= 15 is 0 Å². The third-order valence-electron chi connectivity index (χ3n) is 2.20. The molecule has 1 aromatic carbocycles. The topological polar surface area (TPSA) is 12.0 Å². The summed E-state index contributed by atoms with van der Waals surface area (Å²) >= 11 is 0. The second-order valence-electron chi connectivity index (χ2n) is 3.48. The van der Waals surface area contributed by atoms with Gasteiger partial charge in [0.15, 0.2) is 0 Å². The third kappa shape index (κ3) is 4.34. The van der Waals surface area contributed by atoms with E-state index in [9.17, 15) is 13.2 Å². The van der Waals surface area contributed by atoms with E-state index in [1.54, 1.807) is 37.4 Å². The van der Waals surface area contributed by atoms with Gasteiger partial charge in [0.05, 0.1) is 6.42 Å². The van der Waals surface area contributed by atoms with Gasteiger partial charge in [0, 0.05) is 12.5 Å². The average molecular weight is 217 g/mol. The van der Waals surface area contributed by atoms with Crippen LogP contribution in [0.1, 0.15) is 17.9 Å². The number of halogens is 3. The Hall–Kier alpha value is -1.03. The fourth-order valence-corrected chi connectivity index (χ4v) is 1.56. The van der Waals surface area contributed by atoms with Crippen LogP contribution in [0.4, 0.5) is 13.2 Å². The molecule has 1 aromatic rings. The predicted octanol–water partition coefficient (Wildman–Crippen LogP) is 2.94. The summed E-state index contributed by atoms with van der Waals surface area (Å²) in [6.07, 6.45) is -4.89. The fraction of sp³-hybridized carbons (Fsp3) is 0.455. The highest BCUT2D eigenvalue weighted by Crippen LogP contribution is 2.30. The Balaban J connectivity index is 2.75. The Bertz CT molecular complexity index is 282. The molecule has 0 spiro atoms. The lowest BCUT2D eigenvalue weighted by Gasteiger charge is -2.18. The summed E-state index contributed by atoms with van der Waals surface area (Å²) < 4.78 is 36.9. The van der Waals surface area contributed by atoms with Crippen LogP contribution < -0.4 is 5.32 Å². The zero-order valence-corrected chi connectivity index (χ0v) is 8.51. The molecule has 0 saturated carbocycles. The summed E-state index contributed by atoms with van der Waals surface area (Å²) in [6, 6.07) is 8.78. The van der Waals surface area contributed by atoms with Crippen molar-refractivity contribution in [1.29, 1.82) is 0 Å². The van der Waals surface area contributed by atoms with Crippen molar-refractivity contribution in [2.24, 2.45) is 0 Å². The molecule has 1 unspecified atom stereocenters. The van der Waals surface area contributed by atoms with Crippen molar-refractivity contribution in [3.63, 3.8) is 0 Å². The van der Waals surface area contributed by atoms with Gasteiger partial charge < -0.3 is 5.32 Å². The van der Waals surface area contributed by atoms with Crippen LogP contribution in [0.15, 0.2) is 30.3 Å². The zero-order valence-electron chi connectivity index (χ0n) is 8.51. The zero-order chi connectivity index (χ0) is 11.3. The molecular weight excluding hydrogens is 203 g/mol. The molecule has 0 fully saturated rings. The van der Waals surface area contributed by atoms with Crippen molar-refractivity contribution in [2.75, 3.05) is 13.6 Å². The molecule has 15 heavy (non-hydrogen) atoms. The quantitative estimate of drug-likeness (QED) is 0.817. The Morgan fingerprint density at radius 1 is 1.20 bits per heavy atom. The van der Waals surface area contributed by atoms with Gasteiger partial charge >= 0.3 is 6.18 Å². The van der Waals surface area contributed by atoms with Crippen LogP contribution in [0.2, 0.25) is 0 Å². The highest BCUT2D eigenvalue weighted by molar-refractivity contribution is 5.20. The van der Waals surface area contributed by atoms with Crippen molar-refractivity contribution >= 4 is 0 Å². The molecule has 0 aliphatic carbocycles. The van der Waals surface area contributed by atoms with Crippen molar-refractivity contribution in [1.82, 2.24) is 5.32 Å². The normalized spacial score (nSPS) is 13.9. The Labute approximate surface area is 87.3 Å². The van der Waals surface area contributed by atoms with E-state index < -0.39 is 18.5 Å². The minimum atomic E-state index is -4.11. The number of hydrogen-bond donors (Lipinski definition) is 1. The molecule has 1 atom stereocenters. The third-order valence-corrected chi connectivity index (χ3v) is 2.20. The molecule has 1 nitrogen and oxygen atoms in total. The first-order valence-corrected chi connectivity index (χ1v) is 4.79. The highest BCUT2D eigenvalue weighted by atomic mass is 19.4. The van der Waals surface area contributed by atoms with Gasteiger partial charge in [-0.3, -0.25) is 0 Å². The lowest BCUT2D eigenvalue weighted by molar-refractivity contribution is -0.138. The molecule has 0 aliphatic rings. The maximum Gasteiger partial charge on any atom is 0.389 e. The SMILES string of the molecule is CNCC(CC(F)(F)F)c1ccccc1. The van der Waals surface area contributed by atoms with E-state index in [4.69, 9.17) is 0 Å². The van der Waals surface area contributed by atoms with Crippen molar-refractivity contribution in [2.45, 2.75) is 18.5 Å². The van der Waals surface area contributed by atoms with E-state index in [-0.39, 0.29) is 0 Å². The molecule has 4 heteroatoms. The number of alkyl halides is 3. The molecule has 0 amide bonds. The molecule has 84 valence electrons. The predicted molar refractivity (Wildman–Crippen MR) is 53.8 cm³/mol. The van der Waals surface area contributed by atoms with Crippen LogP contribution >= 0.6 is 0 Å². The smallest absolute Gasteiger partial charge is 0.319 e. The van der Waals surface area contributed by atoms with Gasteiger partial charge in [-0.1, -0.05) is 30.3 Å². The van der Waals surface area contributed by atoms with Gasteiger partial charge in [-0.05, 0) is 12.6 Å². The van der Waals surface area contributed by atoms with Gasteiger partial charge in [-0.2, -0.15) is 13.2 Å². The first-order chi connectivity index (χ1) is 7.03. The summed E-state index contributed by atoms with van der Waals surface area (Å²) in [6.45, 7) is 0.337. The van der Waals surface area contributed by atoms with Crippen LogP contribution in [0.5, 0.6) is 0 Å². The first kappa shape index (κ1) is 12.0. The number of hydrogen-bond acceptors (Lipinski definition) is 1. The van der Waals surface area contributed by atoms with Gasteiger partial charge in [-0.25, -0.2) is 0 Å². The summed E-state index contributed by atoms with van der Waals surface area (Å²) in [5.74, 6) is -0.504. The molecule has 0 heterocycles. The Morgan fingerprint density at radius 3 is 2.27 bits per heavy atom. The maximum absolute atomic E-state index is 12.3. The van der Waals surface area contributed by atoms with E-state index in [0.717, 1.165) is 5.56 Å². The Kier molecular flexibility index (Phi) is 4.15. The van der Waals surface area contributed by atoms with Crippen LogP contribution in [0.3, 0.4) is 0 Å². The van der Waals surface area contributed by atoms with Gasteiger partial charge in [0.1, 0.15) is 0 Å². The largest absolute Gasteiger partial charge is 0.389 e. The molecule has 1 N–H and O–H groups in total. The summed E-state index contributed by atoms with van der Waals surface area (Å²) in [4.78, 5) is 0. The standard InChI is InChI=1S/C11H14F3N/c1-15-8-10(7-11(12,13)14)9-5-3-2-4-6-9/h2-6,10,15H,7-8H2,1H3. The van der Waals surface area contributed by atoms with Crippen molar-refractivity contribution in [3.8, 4) is 0 Å². The molecule has 0 bridgehead atoms. The van der Waals surface area contributed by atoms with Gasteiger partial charge in [-0.15, -0.1) is 0 Å². The second kappa shape index (κ2) is 5.16. The van der Waals surface area contributed by atoms with Crippen LogP contribution in [0, 0.1) is 0 Å². The molecular formula is C11H14F3N. The number of nitrogens with one attached hydrogen (secondary N) is 1. The molecule has 0 saturated heterocycles. The van der Waals surface area contributed by atoms with E-state index in [1.165, 1.54) is 0 Å². The Morgan fingerprint density at radius 2 is 1.80 bits per heavy atom. The van der Waals surface area contributed by atoms with Crippen LogP contribution in [-0.4, -0.2) is 19.8 Å². The summed E-state index contributed by atoms with van der Waals surface area (Å²) in [5.41, 5.74) is 0.726. The van der Waals surface area contributed by atoms with Crippen LogP contribution in [0.25, 0.3) is 0 Å². The van der Waals surface area contributed by atoms with Gasteiger partial charge in [0.2, 0.25) is 0 Å². The monoisotopic (exact) mass is 217 g/mol. The molecule has 0 aliphatic heterocycles. The minimum Gasteiger partial charge on any atom is -0.319 e. The lowest BCUT2D eigenvalue weighted by Crippen LogP contribution is -2.23. The number of rotatable bonds is 4. The maximum atomic E-state index is 12.3.